The van der Waals surface area contributed by atoms with E-state index in [9.17, 15) is 14.7 Å². The van der Waals surface area contributed by atoms with Crippen molar-refractivity contribution in [2.45, 2.75) is 130 Å². The zero-order valence-electron chi connectivity index (χ0n) is 24.1. The Morgan fingerprint density at radius 1 is 1.05 bits per heavy atom. The molecular weight excluding hydrogens is 462 g/mol. The van der Waals surface area contributed by atoms with Crippen molar-refractivity contribution in [3.05, 3.63) is 11.6 Å². The van der Waals surface area contributed by atoms with Crippen LogP contribution in [0.2, 0.25) is 0 Å². The summed E-state index contributed by atoms with van der Waals surface area (Å²) in [4.78, 5) is 23.2. The van der Waals surface area contributed by atoms with Gasteiger partial charge in [0, 0.05) is 18.9 Å². The summed E-state index contributed by atoms with van der Waals surface area (Å²) in [6, 6.07) is -1.12. The summed E-state index contributed by atoms with van der Waals surface area (Å²) in [6.45, 7) is 12.4. The molecule has 5 nitrogen and oxygen atoms in total. The summed E-state index contributed by atoms with van der Waals surface area (Å²) in [7, 11) is 0. The molecule has 37 heavy (non-hydrogen) atoms. The quantitative estimate of drug-likeness (QED) is 0.294. The minimum atomic E-state index is -1.32. The Hall–Kier alpha value is -1.36. The molecule has 4 aliphatic carbocycles. The van der Waals surface area contributed by atoms with Gasteiger partial charge in [-0.05, 0) is 97.7 Å². The highest BCUT2D eigenvalue weighted by Crippen LogP contribution is 2.67. The van der Waals surface area contributed by atoms with Gasteiger partial charge in [0.15, 0.2) is 0 Å². The average Bonchev–Trinajstić information content (AvgIpc) is 3.19. The van der Waals surface area contributed by atoms with E-state index in [2.05, 4.69) is 40.7 Å². The molecule has 0 aromatic heterocycles. The van der Waals surface area contributed by atoms with Crippen LogP contribution in [0.5, 0.6) is 0 Å². The van der Waals surface area contributed by atoms with Crippen molar-refractivity contribution in [3.8, 4) is 0 Å². The number of carboxylic acid groups (broad SMARTS) is 1. The summed E-state index contributed by atoms with van der Waals surface area (Å²) in [6.07, 6.45) is 16.2. The number of esters is 1. The molecule has 3 fully saturated rings. The SMILES string of the molecule is CC(C)CCC[C@@H](C)[C@H]1CC[C@H]2[C@@H]3CC=C4C[C@@H](OC(=O)CC[C@@H](N)C(=O)[O-])CC[C@]4(C)[C@H]3CC[C@]12C. The maximum Gasteiger partial charge on any atom is 0.306 e. The third-order valence-electron chi connectivity index (χ3n) is 11.5. The van der Waals surface area contributed by atoms with E-state index in [0.717, 1.165) is 54.8 Å². The van der Waals surface area contributed by atoms with Crippen molar-refractivity contribution >= 4 is 11.9 Å². The van der Waals surface area contributed by atoms with Crippen LogP contribution in [-0.4, -0.2) is 24.1 Å². The Kier molecular flexibility index (Phi) is 8.83. The van der Waals surface area contributed by atoms with Gasteiger partial charge in [0.05, 0.1) is 5.97 Å². The number of ether oxygens (including phenoxy) is 1. The molecule has 3 saturated carbocycles. The number of rotatable bonds is 10. The normalized spacial score (nSPS) is 38.7. The van der Waals surface area contributed by atoms with Crippen molar-refractivity contribution in [2.75, 3.05) is 0 Å². The van der Waals surface area contributed by atoms with Gasteiger partial charge in [-0.2, -0.15) is 0 Å². The van der Waals surface area contributed by atoms with Crippen molar-refractivity contribution < 1.29 is 19.4 Å². The Balaban J connectivity index is 1.37. The summed E-state index contributed by atoms with van der Waals surface area (Å²) in [5.74, 6) is 3.26. The molecule has 2 N–H and O–H groups in total. The van der Waals surface area contributed by atoms with Gasteiger partial charge < -0.3 is 20.4 Å². The zero-order chi connectivity index (χ0) is 27.0. The first-order chi connectivity index (χ1) is 17.5. The van der Waals surface area contributed by atoms with Gasteiger partial charge >= 0.3 is 5.97 Å². The smallest absolute Gasteiger partial charge is 0.306 e. The molecule has 0 unspecified atom stereocenters. The van der Waals surface area contributed by atoms with E-state index >= 15 is 0 Å². The van der Waals surface area contributed by atoms with Crippen LogP contribution in [0.4, 0.5) is 0 Å². The van der Waals surface area contributed by atoms with E-state index < -0.39 is 12.0 Å². The van der Waals surface area contributed by atoms with Crippen molar-refractivity contribution in [1.82, 2.24) is 0 Å². The molecule has 210 valence electrons. The first kappa shape index (κ1) is 28.6. The third-order valence-corrected chi connectivity index (χ3v) is 11.5. The van der Waals surface area contributed by atoms with Crippen LogP contribution in [0.15, 0.2) is 11.6 Å². The van der Waals surface area contributed by atoms with E-state index in [1.165, 1.54) is 56.9 Å². The lowest BCUT2D eigenvalue weighted by Crippen LogP contribution is -2.51. The Bertz CT molecular complexity index is 867. The molecule has 0 aliphatic heterocycles. The summed E-state index contributed by atoms with van der Waals surface area (Å²) >= 11 is 0. The Labute approximate surface area is 225 Å². The van der Waals surface area contributed by atoms with Crippen molar-refractivity contribution in [3.63, 3.8) is 0 Å². The van der Waals surface area contributed by atoms with E-state index in [0.29, 0.717) is 5.41 Å². The number of carbonyl (C=O) groups excluding carboxylic acids is 2. The number of carbonyl (C=O) groups is 2. The molecule has 9 atom stereocenters. The topological polar surface area (TPSA) is 92.5 Å². The molecule has 0 radical (unpaired) electrons. The molecule has 0 spiro atoms. The van der Waals surface area contributed by atoms with E-state index in [1.807, 2.05) is 0 Å². The van der Waals surface area contributed by atoms with Crippen LogP contribution in [0.1, 0.15) is 118 Å². The number of aliphatic carboxylic acids is 1. The first-order valence-corrected chi connectivity index (χ1v) is 15.3. The van der Waals surface area contributed by atoms with Crippen molar-refractivity contribution in [1.29, 1.82) is 0 Å². The molecule has 4 aliphatic rings. The fourth-order valence-corrected chi connectivity index (χ4v) is 9.39. The van der Waals surface area contributed by atoms with Crippen molar-refractivity contribution in [2.24, 2.45) is 52.1 Å². The number of carboxylic acids is 1. The highest BCUT2D eigenvalue weighted by molar-refractivity contribution is 5.74. The minimum Gasteiger partial charge on any atom is -0.548 e. The van der Waals surface area contributed by atoms with Crippen LogP contribution in [0, 0.1) is 46.3 Å². The fraction of sp³-hybridized carbons (Fsp3) is 0.875. The highest BCUT2D eigenvalue weighted by Gasteiger charge is 2.59. The van der Waals surface area contributed by atoms with Gasteiger partial charge in [-0.3, -0.25) is 4.79 Å². The minimum absolute atomic E-state index is 0.0317. The van der Waals surface area contributed by atoms with E-state index in [4.69, 9.17) is 10.5 Å². The Morgan fingerprint density at radius 3 is 2.51 bits per heavy atom. The van der Waals surface area contributed by atoms with E-state index in [1.54, 1.807) is 0 Å². The number of hydrogen-bond acceptors (Lipinski definition) is 5. The fourth-order valence-electron chi connectivity index (χ4n) is 9.39. The molecule has 4 rings (SSSR count). The molecule has 0 aromatic rings. The number of allylic oxidation sites excluding steroid dienone is 1. The second-order valence-electron chi connectivity index (χ2n) is 14.1. The average molecular weight is 515 g/mol. The predicted octanol–water partition coefficient (Wildman–Crippen LogP) is 5.80. The lowest BCUT2D eigenvalue weighted by molar-refractivity contribution is -0.307. The van der Waals surface area contributed by atoms with Crippen LogP contribution < -0.4 is 10.8 Å². The first-order valence-electron chi connectivity index (χ1n) is 15.3. The lowest BCUT2D eigenvalue weighted by Gasteiger charge is -2.58. The van der Waals surface area contributed by atoms with E-state index in [-0.39, 0.29) is 30.3 Å². The van der Waals surface area contributed by atoms with Gasteiger partial charge in [-0.1, -0.05) is 65.5 Å². The van der Waals surface area contributed by atoms with Crippen LogP contribution >= 0.6 is 0 Å². The van der Waals surface area contributed by atoms with Crippen LogP contribution in [-0.2, 0) is 14.3 Å². The van der Waals surface area contributed by atoms with Crippen LogP contribution in [0.3, 0.4) is 0 Å². The number of hydrogen-bond donors (Lipinski definition) is 1. The Morgan fingerprint density at radius 2 is 1.81 bits per heavy atom. The zero-order valence-corrected chi connectivity index (χ0v) is 24.1. The van der Waals surface area contributed by atoms with Gasteiger partial charge in [-0.25, -0.2) is 0 Å². The molecule has 0 saturated heterocycles. The predicted molar refractivity (Wildman–Crippen MR) is 145 cm³/mol. The van der Waals surface area contributed by atoms with Gasteiger partial charge in [0.2, 0.25) is 0 Å². The van der Waals surface area contributed by atoms with Gasteiger partial charge in [-0.15, -0.1) is 0 Å². The standard InChI is InChI=1S/C32H53NO4/c1-20(2)7-6-8-21(3)25-11-12-26-24-10-9-22-19-23(37-29(34)14-13-28(33)30(35)36)15-17-31(22,4)27(24)16-18-32(25,26)5/h9,20-21,23-28H,6-8,10-19,33H2,1-5H3,(H,35,36)/p-1/t21-,23+,24+,25-,26+,27+,28-,31+,32-/m1/s1. The second kappa shape index (κ2) is 11.4. The summed E-state index contributed by atoms with van der Waals surface area (Å²) in [5, 5.41) is 10.8. The molecule has 0 amide bonds. The second-order valence-corrected chi connectivity index (χ2v) is 14.1. The molecule has 5 heteroatoms. The number of fused-ring (bicyclic) bond motifs is 5. The lowest BCUT2D eigenvalue weighted by atomic mass is 9.47. The molecule has 0 bridgehead atoms. The van der Waals surface area contributed by atoms with Gasteiger partial charge in [0.25, 0.3) is 0 Å². The largest absolute Gasteiger partial charge is 0.548 e. The summed E-state index contributed by atoms with van der Waals surface area (Å²) < 4.78 is 5.78. The summed E-state index contributed by atoms with van der Waals surface area (Å²) in [5.41, 5.74) is 7.72. The molecular formula is C32H52NO4-. The number of nitrogens with two attached hydrogens (primary N) is 1. The maximum absolute atomic E-state index is 12.3. The van der Waals surface area contributed by atoms with Crippen LogP contribution in [0.25, 0.3) is 0 Å². The highest BCUT2D eigenvalue weighted by atomic mass is 16.5. The maximum atomic E-state index is 12.3. The molecule has 0 heterocycles. The molecule has 0 aromatic carbocycles. The third kappa shape index (κ3) is 5.82. The monoisotopic (exact) mass is 514 g/mol. The van der Waals surface area contributed by atoms with Gasteiger partial charge in [0.1, 0.15) is 6.10 Å².